The van der Waals surface area contributed by atoms with Gasteiger partial charge in [-0.05, 0) is 50.0 Å². The number of nitrogens with one attached hydrogen (secondary N) is 1. The average Bonchev–Trinajstić information content (AvgIpc) is 2.55. The summed E-state index contributed by atoms with van der Waals surface area (Å²) in [6.45, 7) is 0.267. The molecule has 7 heteroatoms. The minimum Gasteiger partial charge on any atom is -0.378 e. The molecule has 1 N–H and O–H groups in total. The normalized spacial score (nSPS) is 13.0. The van der Waals surface area contributed by atoms with Gasteiger partial charge in [0, 0.05) is 37.4 Å². The molecule has 136 valence electrons. The fraction of sp³-hybridized carbons (Fsp3) is 0.333. The summed E-state index contributed by atoms with van der Waals surface area (Å²) in [4.78, 5) is 4.18. The van der Waals surface area contributed by atoms with E-state index in [0.717, 1.165) is 11.3 Å². The van der Waals surface area contributed by atoms with Gasteiger partial charge >= 0.3 is 0 Å². The average molecular weight is 382 g/mol. The summed E-state index contributed by atoms with van der Waals surface area (Å²) in [5, 5.41) is 0.395. The molecule has 0 radical (unpaired) electrons. The van der Waals surface area contributed by atoms with Gasteiger partial charge in [-0.15, -0.1) is 0 Å². The van der Waals surface area contributed by atoms with Crippen molar-refractivity contribution in [3.05, 3.63) is 59.1 Å². The van der Waals surface area contributed by atoms with Crippen LogP contribution < -0.4 is 9.62 Å². The molecule has 2 rings (SSSR count). The molecule has 0 aliphatic carbocycles. The number of anilines is 1. The first-order chi connectivity index (χ1) is 11.7. The lowest BCUT2D eigenvalue weighted by atomic mass is 10.1. The van der Waals surface area contributed by atoms with Crippen molar-refractivity contribution in [2.24, 2.45) is 0 Å². The van der Waals surface area contributed by atoms with E-state index in [-0.39, 0.29) is 17.5 Å². The van der Waals surface area contributed by atoms with Crippen LogP contribution in [-0.4, -0.2) is 48.1 Å². The molecule has 0 fully saturated rings. The van der Waals surface area contributed by atoms with E-state index in [1.165, 1.54) is 12.1 Å². The second-order valence-electron chi connectivity index (χ2n) is 6.27. The van der Waals surface area contributed by atoms with Gasteiger partial charge < -0.3 is 9.80 Å². The van der Waals surface area contributed by atoms with Crippen LogP contribution in [0.1, 0.15) is 11.6 Å². The highest BCUT2D eigenvalue weighted by Gasteiger charge is 2.20. The Balaban J connectivity index is 2.17. The maximum Gasteiger partial charge on any atom is 0.240 e. The molecule has 0 saturated carbocycles. The van der Waals surface area contributed by atoms with Gasteiger partial charge in [-0.2, -0.15) is 0 Å². The third kappa shape index (κ3) is 5.19. The Morgan fingerprint density at radius 3 is 2.20 bits per heavy atom. The van der Waals surface area contributed by atoms with Crippen molar-refractivity contribution in [1.82, 2.24) is 9.62 Å². The highest BCUT2D eigenvalue weighted by atomic mass is 35.5. The van der Waals surface area contributed by atoms with E-state index in [2.05, 4.69) is 4.72 Å². The lowest BCUT2D eigenvalue weighted by Gasteiger charge is -2.25. The molecule has 0 aliphatic heterocycles. The number of hydrogen-bond acceptors (Lipinski definition) is 4. The maximum atomic E-state index is 12.5. The largest absolute Gasteiger partial charge is 0.378 e. The zero-order valence-corrected chi connectivity index (χ0v) is 16.5. The molecule has 0 saturated heterocycles. The van der Waals surface area contributed by atoms with E-state index in [9.17, 15) is 8.42 Å². The Kier molecular flexibility index (Phi) is 6.46. The summed E-state index contributed by atoms with van der Waals surface area (Å²) < 4.78 is 27.7. The molecule has 0 heterocycles. The van der Waals surface area contributed by atoms with Crippen molar-refractivity contribution in [3.8, 4) is 0 Å². The maximum absolute atomic E-state index is 12.5. The molecule has 0 aromatic heterocycles. The molecule has 0 unspecified atom stereocenters. The molecular weight excluding hydrogens is 358 g/mol. The summed E-state index contributed by atoms with van der Waals surface area (Å²) >= 11 is 5.90. The van der Waals surface area contributed by atoms with Gasteiger partial charge in [0.05, 0.1) is 4.90 Å². The Bertz CT molecular complexity index is 805. The third-order valence-corrected chi connectivity index (χ3v) is 5.65. The number of rotatable bonds is 7. The predicted molar refractivity (Wildman–Crippen MR) is 104 cm³/mol. The van der Waals surface area contributed by atoms with Crippen LogP contribution in [0.2, 0.25) is 5.02 Å². The van der Waals surface area contributed by atoms with Gasteiger partial charge in [0.1, 0.15) is 0 Å². The van der Waals surface area contributed by atoms with Gasteiger partial charge in [-0.3, -0.25) is 0 Å². The van der Waals surface area contributed by atoms with Crippen molar-refractivity contribution in [2.75, 3.05) is 39.6 Å². The van der Waals surface area contributed by atoms with Crippen molar-refractivity contribution in [1.29, 1.82) is 0 Å². The van der Waals surface area contributed by atoms with Crippen molar-refractivity contribution >= 4 is 27.3 Å². The quantitative estimate of drug-likeness (QED) is 0.801. The van der Waals surface area contributed by atoms with Crippen molar-refractivity contribution in [2.45, 2.75) is 10.9 Å². The standard InChI is InChI=1S/C18H24ClN3O2S/c1-21(2)16-10-8-14(9-11-16)18(22(3)4)13-20-25(23,24)17-7-5-6-15(19)12-17/h5-12,18,20H,13H2,1-4H3/t18-/m1/s1. The van der Waals surface area contributed by atoms with Crippen LogP contribution in [0.3, 0.4) is 0 Å². The lowest BCUT2D eigenvalue weighted by molar-refractivity contribution is 0.299. The molecule has 2 aromatic rings. The van der Waals surface area contributed by atoms with Gasteiger partial charge in [0.15, 0.2) is 0 Å². The second kappa shape index (κ2) is 8.19. The van der Waals surface area contributed by atoms with E-state index < -0.39 is 10.0 Å². The molecule has 0 bridgehead atoms. The van der Waals surface area contributed by atoms with Crippen molar-refractivity contribution < 1.29 is 8.42 Å². The highest BCUT2D eigenvalue weighted by molar-refractivity contribution is 7.89. The van der Waals surface area contributed by atoms with E-state index in [4.69, 9.17) is 11.6 Å². The first kappa shape index (κ1) is 19.7. The Hall–Kier alpha value is -1.60. The molecule has 0 spiro atoms. The summed E-state index contributed by atoms with van der Waals surface area (Å²) in [6, 6.07) is 14.3. The molecular formula is C18H24ClN3O2S. The number of nitrogens with zero attached hydrogens (tertiary/aromatic N) is 2. The van der Waals surface area contributed by atoms with Crippen molar-refractivity contribution in [3.63, 3.8) is 0 Å². The molecule has 0 aliphatic rings. The number of sulfonamides is 1. The minimum absolute atomic E-state index is 0.0785. The van der Waals surface area contributed by atoms with Gasteiger partial charge in [-0.25, -0.2) is 13.1 Å². The summed E-state index contributed by atoms with van der Waals surface area (Å²) in [7, 11) is 4.21. The zero-order chi connectivity index (χ0) is 18.6. The first-order valence-electron chi connectivity index (χ1n) is 7.89. The minimum atomic E-state index is -3.61. The van der Waals surface area contributed by atoms with Gasteiger partial charge in [-0.1, -0.05) is 29.8 Å². The van der Waals surface area contributed by atoms with Crippen LogP contribution in [0.25, 0.3) is 0 Å². The third-order valence-electron chi connectivity index (χ3n) is 3.99. The smallest absolute Gasteiger partial charge is 0.240 e. The van der Waals surface area contributed by atoms with E-state index >= 15 is 0 Å². The van der Waals surface area contributed by atoms with E-state index in [1.807, 2.05) is 62.3 Å². The topological polar surface area (TPSA) is 52.7 Å². The van der Waals surface area contributed by atoms with Crippen LogP contribution in [0.5, 0.6) is 0 Å². The fourth-order valence-corrected chi connectivity index (χ4v) is 3.84. The molecule has 0 amide bonds. The van der Waals surface area contributed by atoms with E-state index in [1.54, 1.807) is 12.1 Å². The highest BCUT2D eigenvalue weighted by Crippen LogP contribution is 2.22. The Morgan fingerprint density at radius 2 is 1.68 bits per heavy atom. The molecule has 1 atom stereocenters. The van der Waals surface area contributed by atoms with Crippen LogP contribution in [0, 0.1) is 0 Å². The fourth-order valence-electron chi connectivity index (χ4n) is 2.50. The summed E-state index contributed by atoms with van der Waals surface area (Å²) in [5.74, 6) is 0. The van der Waals surface area contributed by atoms with Crippen LogP contribution in [0.15, 0.2) is 53.4 Å². The summed E-state index contributed by atoms with van der Waals surface area (Å²) in [5.41, 5.74) is 2.14. The van der Waals surface area contributed by atoms with Crippen LogP contribution in [-0.2, 0) is 10.0 Å². The number of halogens is 1. The zero-order valence-electron chi connectivity index (χ0n) is 14.9. The SMILES string of the molecule is CN(C)c1ccc([C@@H](CNS(=O)(=O)c2cccc(Cl)c2)N(C)C)cc1. The van der Waals surface area contributed by atoms with Crippen LogP contribution >= 0.6 is 11.6 Å². The number of likely N-dealkylation sites (N-methyl/N-ethyl adjacent to an activating group) is 1. The van der Waals surface area contributed by atoms with Gasteiger partial charge in [0.2, 0.25) is 10.0 Å². The molecule has 5 nitrogen and oxygen atoms in total. The van der Waals surface area contributed by atoms with Gasteiger partial charge in [0.25, 0.3) is 0 Å². The number of benzene rings is 2. The predicted octanol–water partition coefficient (Wildman–Crippen LogP) is 2.99. The van der Waals surface area contributed by atoms with Crippen LogP contribution in [0.4, 0.5) is 5.69 Å². The number of hydrogen-bond donors (Lipinski definition) is 1. The monoisotopic (exact) mass is 381 g/mol. The molecule has 25 heavy (non-hydrogen) atoms. The second-order valence-corrected chi connectivity index (χ2v) is 8.48. The summed E-state index contributed by atoms with van der Waals surface area (Å²) in [6.07, 6.45) is 0. The first-order valence-corrected chi connectivity index (χ1v) is 9.76. The Labute approximate surface area is 155 Å². The lowest BCUT2D eigenvalue weighted by Crippen LogP contribution is -2.34. The van der Waals surface area contributed by atoms with E-state index in [0.29, 0.717) is 5.02 Å². The molecule has 2 aromatic carbocycles. The Morgan fingerprint density at radius 1 is 1.04 bits per heavy atom.